The van der Waals surface area contributed by atoms with Gasteiger partial charge in [0.25, 0.3) is 0 Å². The zero-order valence-electron chi connectivity index (χ0n) is 10.6. The maximum Gasteiger partial charge on any atom is 0.435 e. The van der Waals surface area contributed by atoms with Crippen molar-refractivity contribution in [2.24, 2.45) is 7.05 Å². The fraction of sp³-hybridized carbons (Fsp3) is 0.364. The Morgan fingerprint density at radius 1 is 1.45 bits per heavy atom. The Morgan fingerprint density at radius 3 is 2.60 bits per heavy atom. The van der Waals surface area contributed by atoms with Crippen molar-refractivity contribution >= 4 is 5.97 Å². The molecule has 0 saturated heterocycles. The van der Waals surface area contributed by atoms with Crippen molar-refractivity contribution in [2.75, 3.05) is 0 Å². The third-order valence-corrected chi connectivity index (χ3v) is 2.53. The number of aromatic nitrogens is 4. The molecule has 0 aliphatic carbocycles. The molecule has 2 rings (SSSR count). The van der Waals surface area contributed by atoms with Crippen molar-refractivity contribution < 1.29 is 23.1 Å². The number of alkyl halides is 3. The number of aryl methyl sites for hydroxylation is 2. The molecule has 0 spiro atoms. The third kappa shape index (κ3) is 2.65. The molecule has 0 atom stereocenters. The largest absolute Gasteiger partial charge is 0.480 e. The van der Waals surface area contributed by atoms with Gasteiger partial charge in [-0.3, -0.25) is 14.2 Å². The maximum absolute atomic E-state index is 12.6. The first-order valence-electron chi connectivity index (χ1n) is 5.48. The number of carboxylic acids is 1. The maximum atomic E-state index is 12.6. The summed E-state index contributed by atoms with van der Waals surface area (Å²) in [7, 11) is 1.34. The van der Waals surface area contributed by atoms with Gasteiger partial charge in [-0.2, -0.15) is 23.4 Å². The Labute approximate surface area is 111 Å². The summed E-state index contributed by atoms with van der Waals surface area (Å²) in [5.74, 6) is -1.15. The Morgan fingerprint density at radius 2 is 2.10 bits per heavy atom. The summed E-state index contributed by atoms with van der Waals surface area (Å²) in [4.78, 5) is 10.7. The number of rotatable bonds is 3. The molecule has 1 N–H and O–H groups in total. The molecule has 2 aromatic heterocycles. The first-order chi connectivity index (χ1) is 9.18. The summed E-state index contributed by atoms with van der Waals surface area (Å²) in [6.45, 7) is 1.11. The summed E-state index contributed by atoms with van der Waals surface area (Å²) in [6.07, 6.45) is -4.57. The molecule has 0 unspecified atom stereocenters. The van der Waals surface area contributed by atoms with Gasteiger partial charge in [0.2, 0.25) is 0 Å². The number of hydrogen-bond donors (Lipinski definition) is 1. The minimum absolute atomic E-state index is 0.0965. The monoisotopic (exact) mass is 287 g/mol. The van der Waals surface area contributed by atoms with Crippen LogP contribution in [0.25, 0.3) is 11.4 Å². The first-order valence-corrected chi connectivity index (χ1v) is 5.48. The Bertz CT molecular complexity index is 657. The molecule has 0 fully saturated rings. The standard InChI is InChI=1S/C11H10F3N4O2/c1-6-3-8(18(15-6)5-10(19)20)7-4-9(11(12,13)14)16-17(7)2/h4H,5H2,1-2H3,(H,19,20). The van der Waals surface area contributed by atoms with Crippen LogP contribution in [0.2, 0.25) is 0 Å². The van der Waals surface area contributed by atoms with Crippen LogP contribution < -0.4 is 0 Å². The number of carbonyl (C=O) groups is 1. The fourth-order valence-corrected chi connectivity index (χ4v) is 1.76. The molecule has 2 heterocycles. The molecule has 6 nitrogen and oxygen atoms in total. The van der Waals surface area contributed by atoms with Gasteiger partial charge >= 0.3 is 12.1 Å². The van der Waals surface area contributed by atoms with Crippen LogP contribution in [0.4, 0.5) is 13.2 Å². The van der Waals surface area contributed by atoms with Gasteiger partial charge < -0.3 is 5.11 Å². The van der Waals surface area contributed by atoms with Gasteiger partial charge in [0.1, 0.15) is 6.54 Å². The molecule has 20 heavy (non-hydrogen) atoms. The van der Waals surface area contributed by atoms with Gasteiger partial charge in [-0.1, -0.05) is 0 Å². The van der Waals surface area contributed by atoms with Crippen LogP contribution >= 0.6 is 0 Å². The summed E-state index contributed by atoms with van der Waals surface area (Å²) >= 11 is 0. The molecular weight excluding hydrogens is 277 g/mol. The van der Waals surface area contributed by atoms with E-state index in [2.05, 4.69) is 16.3 Å². The highest BCUT2D eigenvalue weighted by Crippen LogP contribution is 2.31. The first kappa shape index (κ1) is 14.1. The zero-order chi connectivity index (χ0) is 15.1. The Kier molecular flexibility index (Phi) is 3.28. The van der Waals surface area contributed by atoms with Gasteiger partial charge in [0.05, 0.1) is 17.1 Å². The number of aliphatic carboxylic acids is 1. The second kappa shape index (κ2) is 4.66. The van der Waals surface area contributed by atoms with Crippen LogP contribution in [0.5, 0.6) is 0 Å². The van der Waals surface area contributed by atoms with Crippen molar-refractivity contribution in [3.63, 3.8) is 0 Å². The van der Waals surface area contributed by atoms with Gasteiger partial charge in [-0.15, -0.1) is 0 Å². The molecule has 0 saturated carbocycles. The molecule has 0 aliphatic heterocycles. The lowest BCUT2D eigenvalue weighted by Crippen LogP contribution is -2.12. The average molecular weight is 287 g/mol. The van der Waals surface area contributed by atoms with E-state index in [9.17, 15) is 18.0 Å². The van der Waals surface area contributed by atoms with Crippen LogP contribution in [0, 0.1) is 13.0 Å². The van der Waals surface area contributed by atoms with Crippen LogP contribution in [-0.4, -0.2) is 30.6 Å². The van der Waals surface area contributed by atoms with Gasteiger partial charge in [0.15, 0.2) is 5.69 Å². The molecule has 0 aromatic carbocycles. The van der Waals surface area contributed by atoms with Crippen molar-refractivity contribution in [3.05, 3.63) is 23.5 Å². The van der Waals surface area contributed by atoms with Crippen molar-refractivity contribution in [1.82, 2.24) is 19.6 Å². The Balaban J connectivity index is 2.51. The van der Waals surface area contributed by atoms with Crippen LogP contribution in [0.15, 0.2) is 6.07 Å². The van der Waals surface area contributed by atoms with Crippen molar-refractivity contribution in [1.29, 1.82) is 0 Å². The molecule has 0 aliphatic rings. The second-order valence-electron chi connectivity index (χ2n) is 4.15. The average Bonchev–Trinajstić information content (AvgIpc) is 2.80. The summed E-state index contributed by atoms with van der Waals surface area (Å²) in [5, 5.41) is 16.0. The Hall–Kier alpha value is -2.32. The molecule has 0 amide bonds. The van der Waals surface area contributed by atoms with E-state index < -0.39 is 24.4 Å². The fourth-order valence-electron chi connectivity index (χ4n) is 1.76. The van der Waals surface area contributed by atoms with E-state index in [-0.39, 0.29) is 11.4 Å². The van der Waals surface area contributed by atoms with E-state index >= 15 is 0 Å². The number of carboxylic acid groups (broad SMARTS) is 1. The van der Waals surface area contributed by atoms with E-state index in [4.69, 9.17) is 5.11 Å². The minimum Gasteiger partial charge on any atom is -0.480 e. The summed E-state index contributed by atoms with van der Waals surface area (Å²) in [5.41, 5.74) is -0.422. The lowest BCUT2D eigenvalue weighted by molar-refractivity contribution is -0.141. The smallest absolute Gasteiger partial charge is 0.435 e. The summed E-state index contributed by atoms with van der Waals surface area (Å²) < 4.78 is 39.9. The topological polar surface area (TPSA) is 72.9 Å². The molecule has 107 valence electrons. The predicted octanol–water partition coefficient (Wildman–Crippen LogP) is 1.50. The molecule has 2 aromatic rings. The van der Waals surface area contributed by atoms with E-state index in [1.54, 1.807) is 6.92 Å². The molecule has 9 heteroatoms. The van der Waals surface area contributed by atoms with E-state index in [0.717, 1.165) is 15.4 Å². The van der Waals surface area contributed by atoms with Crippen molar-refractivity contribution in [2.45, 2.75) is 19.6 Å². The SMILES string of the molecule is Cc1[c]c(-c2cc(C(F)(F)F)nn2C)n(CC(=O)O)n1. The minimum atomic E-state index is -4.57. The second-order valence-corrected chi connectivity index (χ2v) is 4.15. The third-order valence-electron chi connectivity index (χ3n) is 2.53. The predicted molar refractivity (Wildman–Crippen MR) is 60.6 cm³/mol. The highest BCUT2D eigenvalue weighted by Gasteiger charge is 2.35. The lowest BCUT2D eigenvalue weighted by atomic mass is 10.2. The van der Waals surface area contributed by atoms with E-state index in [0.29, 0.717) is 5.69 Å². The van der Waals surface area contributed by atoms with E-state index in [1.165, 1.54) is 7.05 Å². The van der Waals surface area contributed by atoms with Crippen LogP contribution in [-0.2, 0) is 24.6 Å². The quantitative estimate of drug-likeness (QED) is 0.928. The van der Waals surface area contributed by atoms with Crippen LogP contribution in [0.1, 0.15) is 11.4 Å². The lowest BCUT2D eigenvalue weighted by Gasteiger charge is -2.04. The number of hydrogen-bond acceptors (Lipinski definition) is 3. The highest BCUT2D eigenvalue weighted by atomic mass is 19.4. The van der Waals surface area contributed by atoms with Gasteiger partial charge in [0, 0.05) is 13.1 Å². The van der Waals surface area contributed by atoms with Gasteiger partial charge in [-0.25, -0.2) is 0 Å². The number of halogens is 3. The van der Waals surface area contributed by atoms with E-state index in [1.807, 2.05) is 0 Å². The van der Waals surface area contributed by atoms with Crippen molar-refractivity contribution in [3.8, 4) is 11.4 Å². The zero-order valence-corrected chi connectivity index (χ0v) is 10.6. The molecule has 0 bridgehead atoms. The molecular formula is C11H10F3N4O2. The van der Waals surface area contributed by atoms with Gasteiger partial charge in [-0.05, 0) is 13.0 Å². The summed E-state index contributed by atoms with van der Waals surface area (Å²) in [6, 6.07) is 3.57. The molecule has 1 radical (unpaired) electrons. The number of nitrogens with zero attached hydrogens (tertiary/aromatic N) is 4. The highest BCUT2D eigenvalue weighted by molar-refractivity contribution is 5.68. The van der Waals surface area contributed by atoms with Crippen LogP contribution in [0.3, 0.4) is 0 Å². The normalized spacial score (nSPS) is 11.8.